The maximum Gasteiger partial charge on any atom is 0.152 e. The molecule has 0 radical (unpaired) electrons. The molecular formula is C20H36BrN8+. The van der Waals surface area contributed by atoms with E-state index < -0.39 is 0 Å². The molecule has 2 aromatic heterocycles. The fourth-order valence-corrected chi connectivity index (χ4v) is 2.20. The first-order valence-corrected chi connectivity index (χ1v) is 10.1. The van der Waals surface area contributed by atoms with Gasteiger partial charge >= 0.3 is 0 Å². The number of hydrogen-bond donors (Lipinski definition) is 3. The second kappa shape index (κ2) is 15.7. The highest BCUT2D eigenvalue weighted by Gasteiger charge is 2.02. The third-order valence-corrected chi connectivity index (χ3v) is 3.94. The molecule has 0 saturated heterocycles. The lowest BCUT2D eigenvalue weighted by molar-refractivity contribution is -0.447. The Hall–Kier alpha value is -2.23. The van der Waals surface area contributed by atoms with Crippen LogP contribution in [0.25, 0.3) is 0 Å². The number of nitrogen functional groups attached to an aromatic ring is 2. The van der Waals surface area contributed by atoms with Gasteiger partial charge in [0.25, 0.3) is 0 Å². The van der Waals surface area contributed by atoms with Crippen LogP contribution in [0, 0.1) is 0 Å². The number of aromatic nitrogens is 2. The van der Waals surface area contributed by atoms with Gasteiger partial charge < -0.3 is 26.2 Å². The summed E-state index contributed by atoms with van der Waals surface area (Å²) in [4.78, 5) is 17.3. The highest BCUT2D eigenvalue weighted by molar-refractivity contribution is 9.10. The molecule has 162 valence electrons. The SMILES string of the molecule is C=[NH+]CCN(C)C.CN(C)CCN(C)c1cccc(N)n1.Nc1cccc(Br)n1. The van der Waals surface area contributed by atoms with Crippen LogP contribution in [-0.4, -0.2) is 87.9 Å². The number of nitrogens with two attached hydrogens (primary N) is 2. The second-order valence-electron chi connectivity index (χ2n) is 6.83. The van der Waals surface area contributed by atoms with E-state index >= 15 is 0 Å². The summed E-state index contributed by atoms with van der Waals surface area (Å²) in [7, 11) is 10.2. The van der Waals surface area contributed by atoms with E-state index in [1.807, 2.05) is 45.4 Å². The van der Waals surface area contributed by atoms with Gasteiger partial charge in [-0.1, -0.05) is 12.1 Å². The van der Waals surface area contributed by atoms with Crippen molar-refractivity contribution in [3.05, 3.63) is 41.0 Å². The predicted octanol–water partition coefficient (Wildman–Crippen LogP) is 0.417. The number of pyridine rings is 2. The molecule has 0 spiro atoms. The Labute approximate surface area is 183 Å². The van der Waals surface area contributed by atoms with Crippen molar-refractivity contribution in [3.8, 4) is 0 Å². The first-order chi connectivity index (χ1) is 13.6. The standard InChI is InChI=1S/C10H18N4.C5H5BrN2.C5H12N2/c1-13(2)7-8-14(3)10-6-4-5-9(11)12-10;6-4-2-1-3-5(7)8-4;1-6-4-5-7(2)3/h4-6H,7-8H2,1-3H3,(H2,11,12);1-3H,(H2,7,8);1,4-5H2,2-3H3/p+1. The third-order valence-electron chi connectivity index (χ3n) is 3.50. The Morgan fingerprint density at radius 1 is 0.862 bits per heavy atom. The summed E-state index contributed by atoms with van der Waals surface area (Å²) in [6.07, 6.45) is 0. The zero-order valence-corrected chi connectivity index (χ0v) is 19.9. The quantitative estimate of drug-likeness (QED) is 0.400. The molecule has 29 heavy (non-hydrogen) atoms. The van der Waals surface area contributed by atoms with Crippen molar-refractivity contribution in [2.45, 2.75) is 0 Å². The van der Waals surface area contributed by atoms with E-state index in [1.165, 1.54) is 0 Å². The number of likely N-dealkylation sites (N-methyl/N-ethyl adjacent to an activating group) is 3. The summed E-state index contributed by atoms with van der Waals surface area (Å²) in [5.41, 5.74) is 10.9. The van der Waals surface area contributed by atoms with E-state index in [9.17, 15) is 0 Å². The summed E-state index contributed by atoms with van der Waals surface area (Å²) in [6, 6.07) is 11.1. The molecule has 8 nitrogen and oxygen atoms in total. The van der Waals surface area contributed by atoms with E-state index in [0.717, 1.165) is 36.6 Å². The summed E-state index contributed by atoms with van der Waals surface area (Å²) in [5.74, 6) is 2.03. The Balaban J connectivity index is 0.000000444. The van der Waals surface area contributed by atoms with Gasteiger partial charge in [-0.3, -0.25) is 4.99 Å². The highest BCUT2D eigenvalue weighted by Crippen LogP contribution is 2.10. The van der Waals surface area contributed by atoms with E-state index in [4.69, 9.17) is 11.5 Å². The monoisotopic (exact) mass is 467 g/mol. The van der Waals surface area contributed by atoms with Crippen molar-refractivity contribution >= 4 is 40.1 Å². The lowest BCUT2D eigenvalue weighted by atomic mass is 10.4. The van der Waals surface area contributed by atoms with E-state index in [-0.39, 0.29) is 0 Å². The van der Waals surface area contributed by atoms with Gasteiger partial charge in [0, 0.05) is 20.1 Å². The van der Waals surface area contributed by atoms with Crippen molar-refractivity contribution in [3.63, 3.8) is 0 Å². The Bertz CT molecular complexity index is 676. The molecule has 0 amide bonds. The molecule has 2 heterocycles. The number of halogens is 1. The zero-order valence-electron chi connectivity index (χ0n) is 18.3. The molecule has 0 fully saturated rings. The van der Waals surface area contributed by atoms with E-state index in [2.05, 4.69) is 66.4 Å². The van der Waals surface area contributed by atoms with Crippen LogP contribution in [0.1, 0.15) is 0 Å². The number of nitrogens with zero attached hydrogens (tertiary/aromatic N) is 5. The molecule has 0 aliphatic carbocycles. The highest BCUT2D eigenvalue weighted by atomic mass is 79.9. The molecule has 5 N–H and O–H groups in total. The summed E-state index contributed by atoms with van der Waals surface area (Å²) < 4.78 is 0.775. The predicted molar refractivity (Wildman–Crippen MR) is 128 cm³/mol. The van der Waals surface area contributed by atoms with Crippen LogP contribution in [-0.2, 0) is 0 Å². The van der Waals surface area contributed by atoms with Crippen LogP contribution in [0.3, 0.4) is 0 Å². The molecular weight excluding hydrogens is 432 g/mol. The van der Waals surface area contributed by atoms with Gasteiger partial charge in [0.05, 0.1) is 6.54 Å². The number of nitrogens with one attached hydrogen (secondary N) is 1. The summed E-state index contributed by atoms with van der Waals surface area (Å²) in [6.45, 7) is 7.46. The Morgan fingerprint density at radius 2 is 1.41 bits per heavy atom. The van der Waals surface area contributed by atoms with E-state index in [1.54, 1.807) is 12.1 Å². The lowest BCUT2D eigenvalue weighted by Crippen LogP contribution is -2.68. The van der Waals surface area contributed by atoms with Crippen LogP contribution in [0.2, 0.25) is 0 Å². The van der Waals surface area contributed by atoms with Gasteiger partial charge in [0.15, 0.2) is 6.54 Å². The summed E-state index contributed by atoms with van der Waals surface area (Å²) >= 11 is 3.17. The first kappa shape index (κ1) is 26.8. The largest absolute Gasteiger partial charge is 0.384 e. The van der Waals surface area contributed by atoms with Gasteiger partial charge in [-0.2, -0.15) is 0 Å². The molecule has 0 aliphatic heterocycles. The Kier molecular flexibility index (Phi) is 14.5. The summed E-state index contributed by atoms with van der Waals surface area (Å²) in [5, 5.41) is 0. The minimum absolute atomic E-state index is 0.541. The van der Waals surface area contributed by atoms with Gasteiger partial charge in [-0.15, -0.1) is 0 Å². The maximum atomic E-state index is 5.60. The first-order valence-electron chi connectivity index (χ1n) is 9.26. The van der Waals surface area contributed by atoms with Gasteiger partial charge in [0.2, 0.25) is 0 Å². The second-order valence-corrected chi connectivity index (χ2v) is 7.65. The molecule has 0 bridgehead atoms. The fourth-order valence-electron chi connectivity index (χ4n) is 1.84. The number of anilines is 3. The van der Waals surface area contributed by atoms with Gasteiger partial charge in [0.1, 0.15) is 28.8 Å². The molecule has 0 atom stereocenters. The Morgan fingerprint density at radius 3 is 1.79 bits per heavy atom. The zero-order chi connectivity index (χ0) is 22.2. The van der Waals surface area contributed by atoms with Crippen molar-refractivity contribution in [2.24, 2.45) is 0 Å². The fraction of sp³-hybridized carbons (Fsp3) is 0.450. The molecule has 2 aromatic rings. The normalized spacial score (nSPS) is 9.93. The van der Waals surface area contributed by atoms with Crippen LogP contribution in [0.4, 0.5) is 17.5 Å². The third kappa shape index (κ3) is 15.4. The van der Waals surface area contributed by atoms with Crippen LogP contribution in [0.15, 0.2) is 41.0 Å². The lowest BCUT2D eigenvalue weighted by Gasteiger charge is -2.20. The van der Waals surface area contributed by atoms with Crippen LogP contribution in [0.5, 0.6) is 0 Å². The molecule has 0 saturated carbocycles. The molecule has 0 aromatic carbocycles. The molecule has 0 aliphatic rings. The van der Waals surface area contributed by atoms with Crippen LogP contribution < -0.4 is 21.4 Å². The molecule has 0 unspecified atom stereocenters. The smallest absolute Gasteiger partial charge is 0.152 e. The van der Waals surface area contributed by atoms with Gasteiger partial charge in [-0.05, 0) is 68.4 Å². The molecule has 2 rings (SSSR count). The number of rotatable bonds is 7. The van der Waals surface area contributed by atoms with Crippen molar-refractivity contribution in [2.75, 3.05) is 77.8 Å². The molecule has 9 heteroatoms. The van der Waals surface area contributed by atoms with Crippen LogP contribution >= 0.6 is 15.9 Å². The van der Waals surface area contributed by atoms with Crippen molar-refractivity contribution in [1.82, 2.24) is 19.8 Å². The topological polar surface area (TPSA) is 102 Å². The van der Waals surface area contributed by atoms with E-state index in [0.29, 0.717) is 11.6 Å². The van der Waals surface area contributed by atoms with Crippen molar-refractivity contribution in [1.29, 1.82) is 0 Å². The number of hydrogen-bond acceptors (Lipinski definition) is 7. The van der Waals surface area contributed by atoms with Crippen molar-refractivity contribution < 1.29 is 4.99 Å². The van der Waals surface area contributed by atoms with Gasteiger partial charge in [-0.25, -0.2) is 9.97 Å². The minimum atomic E-state index is 0.541. The minimum Gasteiger partial charge on any atom is -0.384 e. The average Bonchev–Trinajstić information content (AvgIpc) is 2.65. The average molecular weight is 468 g/mol. The maximum absolute atomic E-state index is 5.60.